The summed E-state index contributed by atoms with van der Waals surface area (Å²) in [6.45, 7) is 0. The molecule has 0 bridgehead atoms. The average Bonchev–Trinajstić information content (AvgIpc) is 2.80. The number of nitrogens with two attached hydrogens (primary N) is 1. The summed E-state index contributed by atoms with van der Waals surface area (Å²) in [6.07, 6.45) is -3.64. The summed E-state index contributed by atoms with van der Waals surface area (Å²) >= 11 is 3.47. The van der Waals surface area contributed by atoms with Crippen LogP contribution in [0.2, 0.25) is 0 Å². The van der Waals surface area contributed by atoms with Crippen LogP contribution in [0, 0.1) is 0 Å². The molecule has 1 heterocycles. The van der Waals surface area contributed by atoms with Crippen LogP contribution in [-0.2, 0) is 6.18 Å². The number of nitrogens with zero attached hydrogens (tertiary/aromatic N) is 1. The fourth-order valence-electron chi connectivity index (χ4n) is 1.37. The predicted molar refractivity (Wildman–Crippen MR) is 69.1 cm³/mol. The molecular weight excluding hydrogens is 345 g/mol. The molecule has 0 saturated heterocycles. The van der Waals surface area contributed by atoms with Gasteiger partial charge in [-0.2, -0.15) is 13.2 Å². The second-order valence-electron chi connectivity index (χ2n) is 3.59. The van der Waals surface area contributed by atoms with Crippen LogP contribution in [0.5, 0.6) is 0 Å². The van der Waals surface area contributed by atoms with Crippen LogP contribution < -0.4 is 5.73 Å². The lowest BCUT2D eigenvalue weighted by molar-refractivity contribution is -0.137. The Balaban J connectivity index is 2.39. The molecule has 0 spiro atoms. The van der Waals surface area contributed by atoms with Crippen LogP contribution in [0.3, 0.4) is 0 Å². The molecule has 19 heavy (non-hydrogen) atoms. The first-order valence-corrected chi connectivity index (χ1v) is 6.52. The first-order chi connectivity index (χ1) is 8.79. The van der Waals surface area contributed by atoms with E-state index >= 15 is 0 Å². The molecule has 0 aliphatic heterocycles. The van der Waals surface area contributed by atoms with Gasteiger partial charge in [0.25, 0.3) is 0 Å². The highest BCUT2D eigenvalue weighted by Crippen LogP contribution is 2.33. The van der Waals surface area contributed by atoms with E-state index in [1.54, 1.807) is 6.07 Å². The summed E-state index contributed by atoms with van der Waals surface area (Å²) in [4.78, 5) is 15.2. The highest BCUT2D eigenvalue weighted by molar-refractivity contribution is 9.10. The Morgan fingerprint density at radius 1 is 1.37 bits per heavy atom. The van der Waals surface area contributed by atoms with Gasteiger partial charge in [-0.25, -0.2) is 4.98 Å². The maximum Gasteiger partial charge on any atom is 0.443 e. The molecule has 8 heteroatoms. The fourth-order valence-corrected chi connectivity index (χ4v) is 2.47. The van der Waals surface area contributed by atoms with Crippen LogP contribution in [-0.4, -0.2) is 10.8 Å². The molecule has 2 aromatic rings. The SMILES string of the molecule is Nc1ccc(Br)cc1C(=O)c1cnc(C(F)(F)F)s1. The van der Waals surface area contributed by atoms with Crippen molar-refractivity contribution in [3.8, 4) is 0 Å². The standard InChI is InChI=1S/C11H6BrF3N2OS/c12-5-1-2-7(16)6(3-5)9(18)8-4-17-10(19-8)11(13,14)15/h1-4H,16H2. The maximum atomic E-state index is 12.4. The van der Waals surface area contributed by atoms with Gasteiger partial charge < -0.3 is 5.73 Å². The Morgan fingerprint density at radius 3 is 2.63 bits per heavy atom. The normalized spacial score (nSPS) is 11.6. The number of hydrogen-bond acceptors (Lipinski definition) is 4. The van der Waals surface area contributed by atoms with Crippen LogP contribution in [0.15, 0.2) is 28.9 Å². The summed E-state index contributed by atoms with van der Waals surface area (Å²) < 4.78 is 37.9. The molecule has 1 aromatic carbocycles. The summed E-state index contributed by atoms with van der Waals surface area (Å²) in [5, 5.41) is -1.05. The Hall–Kier alpha value is -1.41. The molecule has 2 rings (SSSR count). The van der Waals surface area contributed by atoms with E-state index in [-0.39, 0.29) is 16.1 Å². The third-order valence-electron chi connectivity index (χ3n) is 2.23. The molecular formula is C11H6BrF3N2OS. The predicted octanol–water partition coefficient (Wildman–Crippen LogP) is 3.74. The molecule has 100 valence electrons. The fraction of sp³-hybridized carbons (Fsp3) is 0.0909. The minimum atomic E-state index is -4.55. The van der Waals surface area contributed by atoms with Crippen molar-refractivity contribution in [3.05, 3.63) is 44.3 Å². The average molecular weight is 351 g/mol. The van der Waals surface area contributed by atoms with E-state index in [4.69, 9.17) is 5.73 Å². The van der Waals surface area contributed by atoms with Crippen molar-refractivity contribution >= 4 is 38.7 Å². The van der Waals surface area contributed by atoms with Crippen LogP contribution >= 0.6 is 27.3 Å². The number of hydrogen-bond donors (Lipinski definition) is 1. The zero-order valence-electron chi connectivity index (χ0n) is 9.16. The van der Waals surface area contributed by atoms with Crippen molar-refractivity contribution in [1.29, 1.82) is 0 Å². The smallest absolute Gasteiger partial charge is 0.398 e. The van der Waals surface area contributed by atoms with Gasteiger partial charge in [0.1, 0.15) is 0 Å². The van der Waals surface area contributed by atoms with Gasteiger partial charge in [-0.15, -0.1) is 11.3 Å². The molecule has 0 radical (unpaired) electrons. The van der Waals surface area contributed by atoms with E-state index < -0.39 is 17.0 Å². The van der Waals surface area contributed by atoms with Gasteiger partial charge in [0, 0.05) is 21.9 Å². The van der Waals surface area contributed by atoms with Gasteiger partial charge in [0.05, 0.1) is 4.88 Å². The second kappa shape index (κ2) is 4.93. The van der Waals surface area contributed by atoms with E-state index in [9.17, 15) is 18.0 Å². The van der Waals surface area contributed by atoms with Crippen LogP contribution in [0.25, 0.3) is 0 Å². The van der Waals surface area contributed by atoms with Gasteiger partial charge in [-0.3, -0.25) is 4.79 Å². The molecule has 0 fully saturated rings. The third-order valence-corrected chi connectivity index (χ3v) is 3.77. The zero-order valence-corrected chi connectivity index (χ0v) is 11.6. The van der Waals surface area contributed by atoms with Crippen LogP contribution in [0.4, 0.5) is 18.9 Å². The largest absolute Gasteiger partial charge is 0.443 e. The van der Waals surface area contributed by atoms with Crippen molar-refractivity contribution in [2.45, 2.75) is 6.18 Å². The van der Waals surface area contributed by atoms with Gasteiger partial charge >= 0.3 is 6.18 Å². The van der Waals surface area contributed by atoms with Crippen molar-refractivity contribution in [1.82, 2.24) is 4.98 Å². The number of aromatic nitrogens is 1. The highest BCUT2D eigenvalue weighted by atomic mass is 79.9. The number of rotatable bonds is 2. The number of carbonyl (C=O) groups is 1. The Bertz CT molecular complexity index is 639. The number of thiazole rings is 1. The molecule has 3 nitrogen and oxygen atoms in total. The third kappa shape index (κ3) is 2.95. The molecule has 1 aromatic heterocycles. The lowest BCUT2D eigenvalue weighted by Crippen LogP contribution is -2.04. The van der Waals surface area contributed by atoms with Crippen molar-refractivity contribution in [2.24, 2.45) is 0 Å². The summed E-state index contributed by atoms with van der Waals surface area (Å²) in [7, 11) is 0. The summed E-state index contributed by atoms with van der Waals surface area (Å²) in [5.41, 5.74) is 5.99. The summed E-state index contributed by atoms with van der Waals surface area (Å²) in [6, 6.07) is 4.60. The second-order valence-corrected chi connectivity index (χ2v) is 5.53. The van der Waals surface area contributed by atoms with E-state index in [0.717, 1.165) is 6.20 Å². The Morgan fingerprint density at radius 2 is 2.05 bits per heavy atom. The van der Waals surface area contributed by atoms with Crippen molar-refractivity contribution in [3.63, 3.8) is 0 Å². The Kier molecular flexibility index (Phi) is 3.64. The number of alkyl halides is 3. The number of nitrogen functional groups attached to an aromatic ring is 1. The lowest BCUT2D eigenvalue weighted by atomic mass is 10.1. The number of halogens is 4. The maximum absolute atomic E-state index is 12.4. The minimum absolute atomic E-state index is 0.0999. The quantitative estimate of drug-likeness (QED) is 0.663. The molecule has 0 atom stereocenters. The van der Waals surface area contributed by atoms with Gasteiger partial charge in [0.15, 0.2) is 5.01 Å². The molecule has 0 aliphatic rings. The monoisotopic (exact) mass is 350 g/mol. The van der Waals surface area contributed by atoms with E-state index in [1.807, 2.05) is 0 Å². The van der Waals surface area contributed by atoms with E-state index in [0.29, 0.717) is 15.8 Å². The van der Waals surface area contributed by atoms with Crippen LogP contribution in [0.1, 0.15) is 20.2 Å². The van der Waals surface area contributed by atoms with Gasteiger partial charge in [0.2, 0.25) is 5.78 Å². The number of ketones is 1. The molecule has 2 N–H and O–H groups in total. The number of carbonyl (C=O) groups excluding carboxylic acids is 1. The first-order valence-electron chi connectivity index (χ1n) is 4.92. The number of benzene rings is 1. The Labute approximate surface area is 118 Å². The first kappa shape index (κ1) is 14.0. The topological polar surface area (TPSA) is 56.0 Å². The molecule has 0 aliphatic carbocycles. The molecule has 0 unspecified atom stereocenters. The molecule has 0 amide bonds. The van der Waals surface area contributed by atoms with Crippen molar-refractivity contribution in [2.75, 3.05) is 5.73 Å². The van der Waals surface area contributed by atoms with Gasteiger partial charge in [-0.05, 0) is 18.2 Å². The van der Waals surface area contributed by atoms with Crippen molar-refractivity contribution < 1.29 is 18.0 Å². The van der Waals surface area contributed by atoms with Gasteiger partial charge in [-0.1, -0.05) is 15.9 Å². The van der Waals surface area contributed by atoms with E-state index in [2.05, 4.69) is 20.9 Å². The molecule has 0 saturated carbocycles. The van der Waals surface area contributed by atoms with E-state index in [1.165, 1.54) is 12.1 Å². The highest BCUT2D eigenvalue weighted by Gasteiger charge is 2.35. The summed E-state index contributed by atoms with van der Waals surface area (Å²) in [5.74, 6) is -0.577. The number of anilines is 1. The zero-order chi connectivity index (χ0) is 14.2. The minimum Gasteiger partial charge on any atom is -0.398 e. The lowest BCUT2D eigenvalue weighted by Gasteiger charge is -2.03.